The second-order valence-corrected chi connectivity index (χ2v) is 23.4. The second kappa shape index (κ2) is 14.7. The van der Waals surface area contributed by atoms with Gasteiger partial charge in [-0.3, -0.25) is 4.79 Å². The molecule has 7 aliphatic rings. The maximum atomic E-state index is 12.8. The maximum Gasteiger partial charge on any atom is 0.310 e. The molecule has 56 heavy (non-hydrogen) atoms. The topological polar surface area (TPSA) is 109 Å². The number of fused-ring (bicyclic) bond motifs is 7. The van der Waals surface area contributed by atoms with E-state index in [0.29, 0.717) is 77.4 Å². The van der Waals surface area contributed by atoms with Gasteiger partial charge in [0.05, 0.1) is 23.5 Å². The first-order valence-electron chi connectivity index (χ1n) is 22.0. The number of allylic oxidation sites excluding steroid dienone is 4. The molecule has 8 nitrogen and oxygen atoms in total. The summed E-state index contributed by atoms with van der Waals surface area (Å²) < 4.78 is 29.9. The van der Waals surface area contributed by atoms with Gasteiger partial charge in [-0.1, -0.05) is 64.8 Å². The molecule has 9 atom stereocenters. The van der Waals surface area contributed by atoms with E-state index in [9.17, 15) is 18.3 Å². The molecular weight excluding hydrogens is 742 g/mol. The number of hydrogen-bond donors (Lipinski definition) is 2. The molecule has 2 heterocycles. The van der Waals surface area contributed by atoms with E-state index in [1.54, 1.807) is 18.3 Å². The Hall–Kier alpha value is -1.94. The molecule has 7 unspecified atom stereocenters. The lowest BCUT2D eigenvalue weighted by Gasteiger charge is -2.72. The molecule has 1 aromatic heterocycles. The molecule has 10 heteroatoms. The Morgan fingerprint density at radius 1 is 0.946 bits per heavy atom. The number of hydrogen-bond acceptors (Lipinski definition) is 7. The van der Waals surface area contributed by atoms with Crippen molar-refractivity contribution in [1.29, 1.82) is 0 Å². The minimum absolute atomic E-state index is 0.0234. The minimum Gasteiger partial charge on any atom is -0.481 e. The number of nitrogens with one attached hydrogen (secondary N) is 1. The fourth-order valence-corrected chi connectivity index (χ4v) is 16.4. The van der Waals surface area contributed by atoms with Crippen LogP contribution in [0.2, 0.25) is 5.02 Å². The van der Waals surface area contributed by atoms with Crippen LogP contribution in [0.4, 0.5) is 0 Å². The molecule has 8 rings (SSSR count). The summed E-state index contributed by atoms with van der Waals surface area (Å²) in [6.07, 6.45) is 21.7. The molecule has 0 bridgehead atoms. The lowest BCUT2D eigenvalue weighted by Crippen LogP contribution is -2.67. The van der Waals surface area contributed by atoms with Gasteiger partial charge in [-0.2, -0.15) is 0 Å². The quantitative estimate of drug-likeness (QED) is 0.241. The highest BCUT2D eigenvalue weighted by molar-refractivity contribution is 7.91. The van der Waals surface area contributed by atoms with Crippen LogP contribution in [0.25, 0.3) is 0 Å². The molecular formula is C46H68ClN3O5S. The number of carboxylic acids is 1. The molecule has 6 aliphatic carbocycles. The summed E-state index contributed by atoms with van der Waals surface area (Å²) >= 11 is 6.25. The molecule has 0 spiro atoms. The van der Waals surface area contributed by atoms with Crippen LogP contribution in [0.5, 0.6) is 5.88 Å². The van der Waals surface area contributed by atoms with Crippen molar-refractivity contribution >= 4 is 27.4 Å². The highest BCUT2D eigenvalue weighted by atomic mass is 35.5. The van der Waals surface area contributed by atoms with Crippen LogP contribution in [-0.2, 0) is 14.6 Å². The highest BCUT2D eigenvalue weighted by Crippen LogP contribution is 2.76. The fraction of sp³-hybridized carbons (Fsp3) is 0.783. The van der Waals surface area contributed by atoms with Crippen LogP contribution < -0.4 is 10.1 Å². The van der Waals surface area contributed by atoms with Gasteiger partial charge in [0.1, 0.15) is 5.02 Å². The van der Waals surface area contributed by atoms with Crippen molar-refractivity contribution in [2.45, 2.75) is 130 Å². The smallest absolute Gasteiger partial charge is 0.310 e. The van der Waals surface area contributed by atoms with Crippen LogP contribution in [0, 0.1) is 50.7 Å². The molecule has 1 aromatic rings. The molecule has 0 amide bonds. The number of aliphatic carboxylic acids is 1. The SMILES string of the molecule is CC1(C)C(C2=CCC(CCOc3ncccc3Cl)(C(=O)O)CC2)=CCC2(C)C1CCC1(C)C2CCC2[C@H]3CCCC3(NCCN3CCS(=O)(=O)CC3)CC[C@]21C. The summed E-state index contributed by atoms with van der Waals surface area (Å²) in [5.74, 6) is 3.01. The zero-order valence-corrected chi connectivity index (χ0v) is 36.4. The van der Waals surface area contributed by atoms with E-state index in [0.717, 1.165) is 37.8 Å². The Labute approximate surface area is 342 Å². The third-order valence-electron chi connectivity index (χ3n) is 18.2. The van der Waals surface area contributed by atoms with E-state index in [1.165, 1.54) is 68.9 Å². The van der Waals surface area contributed by atoms with Gasteiger partial charge in [0, 0.05) is 37.9 Å². The standard InChI is InChI=1S/C46H68ClN3O5S/c1-41(2)33(32-12-19-45(20-13-32,40(51)52)23-29-55-39-36(47)9-7-24-48-39)14-17-42(3)37(41)15-18-44(5)38(42)11-10-34-35-8-6-16-46(35,22-21-43(34,44)4)49-25-26-50-27-30-56(53,54)31-28-50/h7,9,12,14,24,34-35,37-38,49H,6,8,10-11,13,15-23,25-31H2,1-5H3,(H,51,52)/t34?,35-,37?,38?,42?,43-,44?,45?,46?/m1/s1. The molecule has 310 valence electrons. The van der Waals surface area contributed by atoms with Crippen LogP contribution in [0.1, 0.15) is 125 Å². The lowest BCUT2D eigenvalue weighted by atomic mass is 9.33. The summed E-state index contributed by atoms with van der Waals surface area (Å²) in [5.41, 5.74) is 3.15. The molecule has 4 saturated carbocycles. The Kier molecular flexibility index (Phi) is 10.7. The van der Waals surface area contributed by atoms with E-state index in [-0.39, 0.29) is 23.0 Å². The van der Waals surface area contributed by atoms with E-state index in [2.05, 4.69) is 62.0 Å². The number of halogens is 1. The van der Waals surface area contributed by atoms with Gasteiger partial charge in [-0.25, -0.2) is 13.4 Å². The van der Waals surface area contributed by atoms with Crippen LogP contribution in [0.15, 0.2) is 41.6 Å². The zero-order valence-electron chi connectivity index (χ0n) is 34.8. The molecule has 0 aromatic carbocycles. The summed E-state index contributed by atoms with van der Waals surface area (Å²) in [6.45, 7) is 16.6. The first-order valence-corrected chi connectivity index (χ1v) is 24.2. The average Bonchev–Trinajstić information content (AvgIpc) is 3.58. The van der Waals surface area contributed by atoms with E-state index >= 15 is 0 Å². The summed E-state index contributed by atoms with van der Waals surface area (Å²) in [4.78, 5) is 19.3. The first-order chi connectivity index (χ1) is 26.5. The van der Waals surface area contributed by atoms with Crippen molar-refractivity contribution in [2.24, 2.45) is 50.7 Å². The van der Waals surface area contributed by atoms with E-state index in [1.807, 2.05) is 0 Å². The number of sulfone groups is 1. The van der Waals surface area contributed by atoms with Gasteiger partial charge in [0.25, 0.3) is 0 Å². The van der Waals surface area contributed by atoms with Gasteiger partial charge in [-0.05, 0) is 152 Å². The highest BCUT2D eigenvalue weighted by Gasteiger charge is 2.69. The number of pyridine rings is 1. The monoisotopic (exact) mass is 809 g/mol. The molecule has 1 saturated heterocycles. The molecule has 0 radical (unpaired) electrons. The van der Waals surface area contributed by atoms with Crippen molar-refractivity contribution in [3.63, 3.8) is 0 Å². The van der Waals surface area contributed by atoms with Crippen molar-refractivity contribution in [3.05, 3.63) is 46.7 Å². The van der Waals surface area contributed by atoms with Gasteiger partial charge in [0.2, 0.25) is 5.88 Å². The van der Waals surface area contributed by atoms with E-state index < -0.39 is 21.2 Å². The molecule has 2 N–H and O–H groups in total. The Bertz CT molecular complexity index is 1850. The number of ether oxygens (including phenoxy) is 1. The third kappa shape index (κ3) is 6.63. The largest absolute Gasteiger partial charge is 0.481 e. The van der Waals surface area contributed by atoms with Gasteiger partial charge in [-0.15, -0.1) is 0 Å². The van der Waals surface area contributed by atoms with Crippen LogP contribution >= 0.6 is 11.6 Å². The number of aromatic nitrogens is 1. The van der Waals surface area contributed by atoms with Crippen molar-refractivity contribution in [2.75, 3.05) is 44.3 Å². The number of carboxylic acid groups (broad SMARTS) is 1. The molecule has 5 fully saturated rings. The van der Waals surface area contributed by atoms with Crippen LogP contribution in [-0.4, -0.2) is 79.2 Å². The Morgan fingerprint density at radius 3 is 2.45 bits per heavy atom. The van der Waals surface area contributed by atoms with Crippen molar-refractivity contribution in [3.8, 4) is 5.88 Å². The van der Waals surface area contributed by atoms with Crippen molar-refractivity contribution < 1.29 is 23.1 Å². The summed E-state index contributed by atoms with van der Waals surface area (Å²) in [7, 11) is -2.85. The Balaban J connectivity index is 0.960. The Morgan fingerprint density at radius 2 is 1.73 bits per heavy atom. The van der Waals surface area contributed by atoms with Gasteiger partial charge >= 0.3 is 5.97 Å². The average molecular weight is 811 g/mol. The van der Waals surface area contributed by atoms with Gasteiger partial charge in [0.15, 0.2) is 9.84 Å². The predicted molar refractivity (Wildman–Crippen MR) is 224 cm³/mol. The first kappa shape index (κ1) is 40.8. The maximum absolute atomic E-state index is 12.8. The summed E-state index contributed by atoms with van der Waals surface area (Å²) in [6, 6.07) is 3.50. The number of rotatable bonds is 10. The van der Waals surface area contributed by atoms with Crippen LogP contribution in [0.3, 0.4) is 0 Å². The van der Waals surface area contributed by atoms with E-state index in [4.69, 9.17) is 16.3 Å². The number of nitrogens with zero attached hydrogens (tertiary/aromatic N) is 2. The van der Waals surface area contributed by atoms with Crippen molar-refractivity contribution in [1.82, 2.24) is 15.2 Å². The minimum atomic E-state index is -2.85. The number of carbonyl (C=O) groups is 1. The lowest BCUT2D eigenvalue weighted by molar-refractivity contribution is -0.218. The fourth-order valence-electron chi connectivity index (χ4n) is 15.0. The second-order valence-electron chi connectivity index (χ2n) is 20.7. The summed E-state index contributed by atoms with van der Waals surface area (Å²) in [5, 5.41) is 15.1. The predicted octanol–water partition coefficient (Wildman–Crippen LogP) is 9.15. The van der Waals surface area contributed by atoms with Gasteiger partial charge < -0.3 is 20.1 Å². The normalized spacial score (nSPS) is 41.6. The third-order valence-corrected chi connectivity index (χ3v) is 20.1. The molecule has 1 aliphatic heterocycles. The zero-order chi connectivity index (χ0) is 39.8.